The van der Waals surface area contributed by atoms with Gasteiger partial charge in [0.1, 0.15) is 5.82 Å². The van der Waals surface area contributed by atoms with E-state index in [1.54, 1.807) is 0 Å². The van der Waals surface area contributed by atoms with Gasteiger partial charge in [-0.1, -0.05) is 18.5 Å². The molecule has 0 bridgehead atoms. The Bertz CT molecular complexity index is 632. The van der Waals surface area contributed by atoms with E-state index in [1.165, 1.54) is 12.3 Å². The van der Waals surface area contributed by atoms with E-state index in [1.807, 2.05) is 13.8 Å². The molecule has 3 N–H and O–H groups in total. The molecule has 0 aliphatic carbocycles. The van der Waals surface area contributed by atoms with Gasteiger partial charge in [0.2, 0.25) is 0 Å². The molecule has 0 spiro atoms. The van der Waals surface area contributed by atoms with Gasteiger partial charge in [-0.15, -0.1) is 0 Å². The van der Waals surface area contributed by atoms with Crippen molar-refractivity contribution >= 4 is 23.1 Å². The number of hydrogen-bond donors (Lipinski definition) is 2. The van der Waals surface area contributed by atoms with Crippen LogP contribution in [0.1, 0.15) is 24.0 Å². The lowest BCUT2D eigenvalue weighted by Crippen LogP contribution is -2.10. The highest BCUT2D eigenvalue weighted by Crippen LogP contribution is 2.20. The van der Waals surface area contributed by atoms with Gasteiger partial charge in [-0.05, 0) is 18.6 Å². The van der Waals surface area contributed by atoms with E-state index in [2.05, 4.69) is 20.3 Å². The first kappa shape index (κ1) is 14.5. The largest absolute Gasteiger partial charge is 0.394 e. The minimum atomic E-state index is -0.549. The van der Waals surface area contributed by atoms with Crippen LogP contribution in [0.3, 0.4) is 0 Å². The smallest absolute Gasteiger partial charge is 0.164 e. The summed E-state index contributed by atoms with van der Waals surface area (Å²) >= 11 is 5.54. The fourth-order valence-corrected chi connectivity index (χ4v) is 1.78. The number of nitrogens with zero attached hydrogens (tertiary/aromatic N) is 3. The van der Waals surface area contributed by atoms with Crippen LogP contribution in [0.4, 0.5) is 15.9 Å². The van der Waals surface area contributed by atoms with Gasteiger partial charge in [-0.2, -0.15) is 0 Å². The molecule has 2 aromatic heterocycles. The molecule has 20 heavy (non-hydrogen) atoms. The molecule has 0 unspecified atom stereocenters. The molecule has 2 heterocycles. The topological polar surface area (TPSA) is 76.7 Å². The summed E-state index contributed by atoms with van der Waals surface area (Å²) in [5.74, 6) is 0.705. The molecule has 0 fully saturated rings. The third kappa shape index (κ3) is 3.14. The van der Waals surface area contributed by atoms with E-state index in [4.69, 9.17) is 17.3 Å². The Morgan fingerprint density at radius 3 is 2.80 bits per heavy atom. The maximum absolute atomic E-state index is 13.3. The van der Waals surface area contributed by atoms with Gasteiger partial charge >= 0.3 is 0 Å². The highest BCUT2D eigenvalue weighted by Gasteiger charge is 2.08. The quantitative estimate of drug-likeness (QED) is 0.848. The molecule has 106 valence electrons. The van der Waals surface area contributed by atoms with Crippen LogP contribution in [-0.4, -0.2) is 15.0 Å². The maximum atomic E-state index is 13.3. The van der Waals surface area contributed by atoms with Crippen molar-refractivity contribution in [3.63, 3.8) is 0 Å². The number of pyridine rings is 1. The van der Waals surface area contributed by atoms with Crippen LogP contribution in [0, 0.1) is 12.7 Å². The first-order chi connectivity index (χ1) is 9.51. The van der Waals surface area contributed by atoms with Gasteiger partial charge in [-0.25, -0.2) is 19.3 Å². The predicted octanol–water partition coefficient (Wildman–Crippen LogP) is 2.73. The van der Waals surface area contributed by atoms with Crippen LogP contribution < -0.4 is 11.1 Å². The highest BCUT2D eigenvalue weighted by atomic mass is 35.5. The lowest BCUT2D eigenvalue weighted by atomic mass is 10.2. The second-order valence-electron chi connectivity index (χ2n) is 4.31. The summed E-state index contributed by atoms with van der Waals surface area (Å²) in [7, 11) is 0. The van der Waals surface area contributed by atoms with Crippen LogP contribution in [0.25, 0.3) is 0 Å². The molecule has 0 saturated heterocycles. The monoisotopic (exact) mass is 295 g/mol. The summed E-state index contributed by atoms with van der Waals surface area (Å²) < 4.78 is 13.3. The molecule has 7 heteroatoms. The predicted molar refractivity (Wildman–Crippen MR) is 77.1 cm³/mol. The van der Waals surface area contributed by atoms with Crippen molar-refractivity contribution in [2.45, 2.75) is 26.8 Å². The standard InChI is InChI=1S/C13H15ClFN5/c1-3-10-19-7(2)11(16)13(20-10)18-6-8-4-9(15)12(14)17-5-8/h4-5H,3,6,16H2,1-2H3,(H,18,19,20). The molecule has 0 amide bonds. The molecule has 0 radical (unpaired) electrons. The van der Waals surface area contributed by atoms with Gasteiger partial charge in [-0.3, -0.25) is 0 Å². The zero-order chi connectivity index (χ0) is 14.7. The number of nitrogen functional groups attached to an aromatic ring is 1. The van der Waals surface area contributed by atoms with Gasteiger partial charge < -0.3 is 11.1 Å². The summed E-state index contributed by atoms with van der Waals surface area (Å²) in [5, 5.41) is 2.93. The Kier molecular flexibility index (Phi) is 4.34. The number of nitrogens with two attached hydrogens (primary N) is 1. The third-order valence-electron chi connectivity index (χ3n) is 2.81. The van der Waals surface area contributed by atoms with Crippen LogP contribution >= 0.6 is 11.6 Å². The summed E-state index contributed by atoms with van der Waals surface area (Å²) in [6, 6.07) is 1.33. The van der Waals surface area contributed by atoms with Crippen LogP contribution in [0.15, 0.2) is 12.3 Å². The first-order valence-electron chi connectivity index (χ1n) is 6.18. The summed E-state index contributed by atoms with van der Waals surface area (Å²) in [6.45, 7) is 4.14. The van der Waals surface area contributed by atoms with Crippen molar-refractivity contribution in [1.82, 2.24) is 15.0 Å². The molecule has 2 aromatic rings. The minimum Gasteiger partial charge on any atom is -0.394 e. The average molecular weight is 296 g/mol. The van der Waals surface area contributed by atoms with Crippen molar-refractivity contribution < 1.29 is 4.39 Å². The van der Waals surface area contributed by atoms with Crippen LogP contribution in [-0.2, 0) is 13.0 Å². The molecular weight excluding hydrogens is 281 g/mol. The Hall–Kier alpha value is -1.95. The summed E-state index contributed by atoms with van der Waals surface area (Å²) in [4.78, 5) is 12.3. The molecule has 2 rings (SSSR count). The molecule has 0 aliphatic rings. The van der Waals surface area contributed by atoms with Gasteiger partial charge in [0.05, 0.1) is 11.4 Å². The Morgan fingerprint density at radius 2 is 2.15 bits per heavy atom. The van der Waals surface area contributed by atoms with E-state index in [0.29, 0.717) is 35.9 Å². The average Bonchev–Trinajstić information content (AvgIpc) is 2.44. The van der Waals surface area contributed by atoms with Crippen molar-refractivity contribution in [2.75, 3.05) is 11.1 Å². The van der Waals surface area contributed by atoms with E-state index >= 15 is 0 Å². The third-order valence-corrected chi connectivity index (χ3v) is 3.09. The van der Waals surface area contributed by atoms with Crippen molar-refractivity contribution in [3.05, 3.63) is 40.3 Å². The van der Waals surface area contributed by atoms with Crippen LogP contribution in [0.5, 0.6) is 0 Å². The lowest BCUT2D eigenvalue weighted by Gasteiger charge is -2.11. The molecule has 0 saturated carbocycles. The van der Waals surface area contributed by atoms with E-state index in [-0.39, 0.29) is 5.15 Å². The number of anilines is 2. The van der Waals surface area contributed by atoms with Crippen LogP contribution in [0.2, 0.25) is 5.15 Å². The molecule has 0 atom stereocenters. The zero-order valence-electron chi connectivity index (χ0n) is 11.2. The molecule has 0 aliphatic heterocycles. The Labute approximate surface area is 121 Å². The van der Waals surface area contributed by atoms with Gasteiger partial charge in [0.15, 0.2) is 16.8 Å². The van der Waals surface area contributed by atoms with E-state index < -0.39 is 5.82 Å². The maximum Gasteiger partial charge on any atom is 0.164 e. The fraction of sp³-hybridized carbons (Fsp3) is 0.308. The number of halogens is 2. The number of aryl methyl sites for hydroxylation is 2. The van der Waals surface area contributed by atoms with Crippen molar-refractivity contribution in [3.8, 4) is 0 Å². The number of rotatable bonds is 4. The second-order valence-corrected chi connectivity index (χ2v) is 4.67. The number of nitrogens with one attached hydrogen (secondary N) is 1. The molecule has 5 nitrogen and oxygen atoms in total. The number of hydrogen-bond acceptors (Lipinski definition) is 5. The normalized spacial score (nSPS) is 10.6. The summed E-state index contributed by atoms with van der Waals surface area (Å²) in [6.07, 6.45) is 2.22. The first-order valence-corrected chi connectivity index (χ1v) is 6.55. The Morgan fingerprint density at radius 1 is 1.40 bits per heavy atom. The van der Waals surface area contributed by atoms with E-state index in [0.717, 1.165) is 5.69 Å². The minimum absolute atomic E-state index is 0.139. The van der Waals surface area contributed by atoms with Crippen molar-refractivity contribution in [2.24, 2.45) is 0 Å². The second kappa shape index (κ2) is 6.00. The van der Waals surface area contributed by atoms with E-state index in [9.17, 15) is 4.39 Å². The highest BCUT2D eigenvalue weighted by molar-refractivity contribution is 6.29. The Balaban J connectivity index is 2.18. The van der Waals surface area contributed by atoms with Gasteiger partial charge in [0.25, 0.3) is 0 Å². The lowest BCUT2D eigenvalue weighted by molar-refractivity contribution is 0.619. The van der Waals surface area contributed by atoms with Gasteiger partial charge in [0, 0.05) is 19.2 Å². The number of aromatic nitrogens is 3. The zero-order valence-corrected chi connectivity index (χ0v) is 12.0. The fourth-order valence-electron chi connectivity index (χ4n) is 1.68. The van der Waals surface area contributed by atoms with Crippen molar-refractivity contribution in [1.29, 1.82) is 0 Å². The molecular formula is C13H15ClFN5. The molecule has 0 aromatic carbocycles. The SMILES string of the molecule is CCc1nc(C)c(N)c(NCc2cnc(Cl)c(F)c2)n1. The summed E-state index contributed by atoms with van der Waals surface area (Å²) in [5.41, 5.74) is 7.79.